The molecule has 2 aliphatic rings. The maximum atomic E-state index is 14.6. The van der Waals surface area contributed by atoms with Crippen LogP contribution in [0.4, 0.5) is 15.8 Å². The summed E-state index contributed by atoms with van der Waals surface area (Å²) < 4.78 is 14.6. The van der Waals surface area contributed by atoms with Gasteiger partial charge in [0.25, 0.3) is 0 Å². The quantitative estimate of drug-likeness (QED) is 0.183. The molecule has 0 spiro atoms. The highest BCUT2D eigenvalue weighted by molar-refractivity contribution is 6.23. The first-order valence-electron chi connectivity index (χ1n) is 16.6. The van der Waals surface area contributed by atoms with Crippen LogP contribution < -0.4 is 4.90 Å². The Bertz CT molecular complexity index is 2270. The van der Waals surface area contributed by atoms with Crippen LogP contribution >= 0.6 is 0 Å². The molecule has 1 saturated carbocycles. The van der Waals surface area contributed by atoms with E-state index >= 15 is 0 Å². The predicted octanol–water partition coefficient (Wildman–Crippen LogP) is 12.4. The summed E-state index contributed by atoms with van der Waals surface area (Å²) in [5.74, 6) is -0.187. The van der Waals surface area contributed by atoms with E-state index in [0.29, 0.717) is 0 Å². The Hall–Kier alpha value is -4.95. The van der Waals surface area contributed by atoms with E-state index in [9.17, 15) is 4.39 Å². The Morgan fingerprint density at radius 3 is 1.89 bits per heavy atom. The number of hydrogen-bond acceptors (Lipinski definition) is 1. The van der Waals surface area contributed by atoms with Gasteiger partial charge in [-0.15, -0.1) is 0 Å². The van der Waals surface area contributed by atoms with E-state index < -0.39 is 0 Å². The molecule has 1 nitrogen and oxygen atoms in total. The molecule has 1 aliphatic heterocycles. The Morgan fingerprint density at radius 2 is 1.17 bits per heavy atom. The summed E-state index contributed by atoms with van der Waals surface area (Å²) in [6.07, 6.45) is 4.59. The van der Waals surface area contributed by atoms with Crippen molar-refractivity contribution >= 4 is 43.7 Å². The van der Waals surface area contributed by atoms with Gasteiger partial charge in [0.1, 0.15) is 5.82 Å². The largest absolute Gasteiger partial charge is 0.334 e. The molecule has 0 aromatic heterocycles. The van der Waals surface area contributed by atoms with Gasteiger partial charge in [0.2, 0.25) is 0 Å². The lowest BCUT2D eigenvalue weighted by Gasteiger charge is -2.50. The first-order valence-corrected chi connectivity index (χ1v) is 16.6. The minimum atomic E-state index is -0.187. The van der Waals surface area contributed by atoms with Crippen molar-refractivity contribution in [2.75, 3.05) is 4.90 Å². The summed E-state index contributed by atoms with van der Waals surface area (Å²) in [5.41, 5.74) is 8.41. The molecule has 0 saturated heterocycles. The second-order valence-corrected chi connectivity index (χ2v) is 13.7. The van der Waals surface area contributed by atoms with Gasteiger partial charge in [-0.3, -0.25) is 0 Å². The third kappa shape index (κ3) is 3.73. The van der Waals surface area contributed by atoms with E-state index in [-0.39, 0.29) is 16.8 Å². The highest BCUT2D eigenvalue weighted by atomic mass is 19.1. The summed E-state index contributed by atoms with van der Waals surface area (Å²) in [4.78, 5) is 2.45. The lowest BCUT2D eigenvalue weighted by atomic mass is 9.61. The fourth-order valence-corrected chi connectivity index (χ4v) is 9.08. The Balaban J connectivity index is 1.33. The molecule has 224 valence electrons. The molecule has 0 amide bonds. The first kappa shape index (κ1) is 27.4. The van der Waals surface area contributed by atoms with Crippen LogP contribution in [0.15, 0.2) is 133 Å². The summed E-state index contributed by atoms with van der Waals surface area (Å²) in [7, 11) is 0. The number of nitrogens with zero attached hydrogens (tertiary/aromatic N) is 1. The molecule has 46 heavy (non-hydrogen) atoms. The van der Waals surface area contributed by atoms with E-state index in [4.69, 9.17) is 0 Å². The van der Waals surface area contributed by atoms with Gasteiger partial charge in [0.05, 0.1) is 5.54 Å². The van der Waals surface area contributed by atoms with Crippen LogP contribution in [0.2, 0.25) is 0 Å². The first-order chi connectivity index (χ1) is 22.5. The van der Waals surface area contributed by atoms with Gasteiger partial charge in [-0.05, 0) is 110 Å². The molecule has 9 rings (SSSR count). The van der Waals surface area contributed by atoms with E-state index in [2.05, 4.69) is 134 Å². The average Bonchev–Trinajstić information content (AvgIpc) is 3.29. The molecule has 1 heterocycles. The standard InChI is InChI=1S/C44H36FN/c1-43-25-9-10-26-44(43,2)46(32-16-12-15-31(45)28-32)40-24-23-30(27-39(40)43)41-35-18-5-7-20-37(35)42(38-21-8-6-19-36(38)41)34-22-11-14-29-13-3-4-17-33(29)34/h3-8,11-24,27-28H,9-10,25-26H2,1-2H3. The molecular formula is C44H36FN. The highest BCUT2D eigenvalue weighted by Crippen LogP contribution is 2.61. The van der Waals surface area contributed by atoms with E-state index in [1.165, 1.54) is 78.7 Å². The molecule has 7 aromatic rings. The van der Waals surface area contributed by atoms with Crippen molar-refractivity contribution < 1.29 is 4.39 Å². The SMILES string of the molecule is CC12CCCCC1(C)N(c1cccc(F)c1)c1ccc(-c3c4ccccc4c(-c4cccc5ccccc45)c4ccccc34)cc12. The zero-order chi connectivity index (χ0) is 31.0. The normalized spacial score (nSPS) is 20.7. The van der Waals surface area contributed by atoms with Crippen molar-refractivity contribution in [2.45, 2.75) is 50.5 Å². The molecule has 2 heteroatoms. The van der Waals surface area contributed by atoms with Crippen LogP contribution in [0.3, 0.4) is 0 Å². The third-order valence-corrected chi connectivity index (χ3v) is 11.5. The van der Waals surface area contributed by atoms with Crippen molar-refractivity contribution in [2.24, 2.45) is 0 Å². The fraction of sp³-hybridized carbons (Fsp3) is 0.182. The topological polar surface area (TPSA) is 3.24 Å². The fourth-order valence-electron chi connectivity index (χ4n) is 9.08. The van der Waals surface area contributed by atoms with E-state index in [1.807, 2.05) is 6.07 Å². The van der Waals surface area contributed by atoms with Gasteiger partial charge in [-0.25, -0.2) is 4.39 Å². The summed E-state index contributed by atoms with van der Waals surface area (Å²) >= 11 is 0. The van der Waals surface area contributed by atoms with Crippen LogP contribution in [0.5, 0.6) is 0 Å². The van der Waals surface area contributed by atoms with Crippen LogP contribution in [-0.2, 0) is 5.41 Å². The summed E-state index contributed by atoms with van der Waals surface area (Å²) in [5, 5.41) is 7.59. The molecule has 0 bridgehead atoms. The van der Waals surface area contributed by atoms with Crippen LogP contribution in [0.25, 0.3) is 54.6 Å². The molecule has 1 fully saturated rings. The van der Waals surface area contributed by atoms with Crippen molar-refractivity contribution in [3.8, 4) is 22.3 Å². The minimum absolute atomic E-state index is 0.0581. The molecule has 7 aromatic carbocycles. The molecule has 2 atom stereocenters. The van der Waals surface area contributed by atoms with Gasteiger partial charge in [-0.2, -0.15) is 0 Å². The van der Waals surface area contributed by atoms with Crippen LogP contribution in [0, 0.1) is 5.82 Å². The van der Waals surface area contributed by atoms with Gasteiger partial charge >= 0.3 is 0 Å². The van der Waals surface area contributed by atoms with Crippen LogP contribution in [0.1, 0.15) is 45.1 Å². The Morgan fingerprint density at radius 1 is 0.565 bits per heavy atom. The molecule has 2 unspecified atom stereocenters. The molecular weight excluding hydrogens is 561 g/mol. The maximum Gasteiger partial charge on any atom is 0.125 e. The number of anilines is 2. The monoisotopic (exact) mass is 597 g/mol. The second kappa shape index (κ2) is 10.0. The Kier molecular flexibility index (Phi) is 5.96. The van der Waals surface area contributed by atoms with Gasteiger partial charge in [-0.1, -0.05) is 123 Å². The third-order valence-electron chi connectivity index (χ3n) is 11.5. The zero-order valence-electron chi connectivity index (χ0n) is 26.4. The van der Waals surface area contributed by atoms with E-state index in [0.717, 1.165) is 18.5 Å². The number of benzene rings is 7. The van der Waals surface area contributed by atoms with Gasteiger partial charge in [0, 0.05) is 16.8 Å². The molecule has 1 aliphatic carbocycles. The number of rotatable bonds is 3. The molecule has 0 N–H and O–H groups in total. The lowest BCUT2D eigenvalue weighted by molar-refractivity contribution is 0.195. The number of fused-ring (bicyclic) bond motifs is 6. The minimum Gasteiger partial charge on any atom is -0.334 e. The average molecular weight is 598 g/mol. The summed E-state index contributed by atoms with van der Waals surface area (Å²) in [6.45, 7) is 4.86. The van der Waals surface area contributed by atoms with Crippen molar-refractivity contribution in [3.63, 3.8) is 0 Å². The van der Waals surface area contributed by atoms with Crippen LogP contribution in [-0.4, -0.2) is 5.54 Å². The number of halogens is 1. The summed E-state index contributed by atoms with van der Waals surface area (Å²) in [6, 6.07) is 47.5. The lowest BCUT2D eigenvalue weighted by Crippen LogP contribution is -2.54. The van der Waals surface area contributed by atoms with Gasteiger partial charge in [0.15, 0.2) is 0 Å². The maximum absolute atomic E-state index is 14.6. The predicted molar refractivity (Wildman–Crippen MR) is 193 cm³/mol. The van der Waals surface area contributed by atoms with Crippen molar-refractivity contribution in [1.29, 1.82) is 0 Å². The smallest absolute Gasteiger partial charge is 0.125 e. The Labute approximate surface area is 269 Å². The number of hydrogen-bond donors (Lipinski definition) is 0. The van der Waals surface area contributed by atoms with Crippen molar-refractivity contribution in [1.82, 2.24) is 0 Å². The highest BCUT2D eigenvalue weighted by Gasteiger charge is 2.57. The second-order valence-electron chi connectivity index (χ2n) is 13.7. The van der Waals surface area contributed by atoms with Gasteiger partial charge < -0.3 is 4.90 Å². The molecule has 0 radical (unpaired) electrons. The zero-order valence-corrected chi connectivity index (χ0v) is 26.4. The van der Waals surface area contributed by atoms with E-state index in [1.54, 1.807) is 12.1 Å². The van der Waals surface area contributed by atoms with Crippen molar-refractivity contribution in [3.05, 3.63) is 145 Å².